The van der Waals surface area contributed by atoms with E-state index in [1.54, 1.807) is 0 Å². The first-order valence-electron chi connectivity index (χ1n) is 9.95. The predicted molar refractivity (Wildman–Crippen MR) is 106 cm³/mol. The first-order valence-corrected chi connectivity index (χ1v) is 9.95. The van der Waals surface area contributed by atoms with Crippen LogP contribution in [0.4, 0.5) is 5.69 Å². The highest BCUT2D eigenvalue weighted by Gasteiger charge is 2.36. The number of ether oxygens (including phenoxy) is 1. The third-order valence-corrected chi connectivity index (χ3v) is 5.49. The van der Waals surface area contributed by atoms with Crippen molar-refractivity contribution in [1.82, 2.24) is 10.2 Å². The number of morpholine rings is 1. The average molecular weight is 373 g/mol. The zero-order chi connectivity index (χ0) is 19.4. The number of amides is 2. The number of benzene rings is 1. The average Bonchev–Trinajstić information content (AvgIpc) is 3.03. The molecule has 2 amide bonds. The van der Waals surface area contributed by atoms with E-state index in [9.17, 15) is 9.59 Å². The van der Waals surface area contributed by atoms with Gasteiger partial charge in [0.15, 0.2) is 0 Å². The van der Waals surface area contributed by atoms with Gasteiger partial charge < -0.3 is 15.0 Å². The molecule has 1 aromatic rings. The van der Waals surface area contributed by atoms with Crippen LogP contribution in [0.1, 0.15) is 37.3 Å². The molecule has 2 saturated heterocycles. The standard InChI is InChI=1S/C21H31N3O3/c1-15(2)18-6-4-5-16(3)20(18)24-14-17(13-19(24)25)21(26)22-7-8-23-9-11-27-12-10-23/h4-6,15,17H,7-14H2,1-3H3,(H,22,26). The first kappa shape index (κ1) is 19.8. The number of hydrogen-bond donors (Lipinski definition) is 1. The third kappa shape index (κ3) is 4.68. The molecule has 1 atom stereocenters. The Morgan fingerprint density at radius 1 is 1.30 bits per heavy atom. The summed E-state index contributed by atoms with van der Waals surface area (Å²) in [4.78, 5) is 29.3. The van der Waals surface area contributed by atoms with Gasteiger partial charge in [0.2, 0.25) is 11.8 Å². The van der Waals surface area contributed by atoms with Crippen LogP contribution in [0.3, 0.4) is 0 Å². The molecule has 2 fully saturated rings. The number of rotatable bonds is 6. The molecule has 0 aliphatic carbocycles. The van der Waals surface area contributed by atoms with Crippen molar-refractivity contribution < 1.29 is 14.3 Å². The second-order valence-electron chi connectivity index (χ2n) is 7.82. The van der Waals surface area contributed by atoms with Gasteiger partial charge in [-0.2, -0.15) is 0 Å². The molecule has 1 unspecified atom stereocenters. The van der Waals surface area contributed by atoms with Crippen molar-refractivity contribution >= 4 is 17.5 Å². The van der Waals surface area contributed by atoms with Crippen LogP contribution < -0.4 is 10.2 Å². The van der Waals surface area contributed by atoms with E-state index in [0.29, 0.717) is 19.0 Å². The van der Waals surface area contributed by atoms with Gasteiger partial charge in [0, 0.05) is 44.8 Å². The van der Waals surface area contributed by atoms with Crippen molar-refractivity contribution in [1.29, 1.82) is 0 Å². The molecule has 2 aliphatic rings. The maximum absolute atomic E-state index is 12.7. The van der Waals surface area contributed by atoms with Crippen LogP contribution in [-0.2, 0) is 14.3 Å². The molecule has 2 aliphatic heterocycles. The van der Waals surface area contributed by atoms with E-state index < -0.39 is 0 Å². The highest BCUT2D eigenvalue weighted by atomic mass is 16.5. The molecule has 0 saturated carbocycles. The number of nitrogens with zero attached hydrogens (tertiary/aromatic N) is 2. The van der Waals surface area contributed by atoms with Crippen molar-refractivity contribution in [3.8, 4) is 0 Å². The van der Waals surface area contributed by atoms with Gasteiger partial charge in [0.1, 0.15) is 0 Å². The molecule has 27 heavy (non-hydrogen) atoms. The maximum Gasteiger partial charge on any atom is 0.227 e. The highest BCUT2D eigenvalue weighted by molar-refractivity contribution is 6.01. The van der Waals surface area contributed by atoms with Crippen LogP contribution in [-0.4, -0.2) is 62.7 Å². The van der Waals surface area contributed by atoms with E-state index in [-0.39, 0.29) is 24.2 Å². The number of anilines is 1. The lowest BCUT2D eigenvalue weighted by atomic mass is 9.97. The minimum Gasteiger partial charge on any atom is -0.379 e. The second-order valence-corrected chi connectivity index (χ2v) is 7.82. The van der Waals surface area contributed by atoms with E-state index in [0.717, 1.165) is 49.7 Å². The van der Waals surface area contributed by atoms with Gasteiger partial charge in [0.25, 0.3) is 0 Å². The van der Waals surface area contributed by atoms with Crippen molar-refractivity contribution in [3.05, 3.63) is 29.3 Å². The number of nitrogens with one attached hydrogen (secondary N) is 1. The lowest BCUT2D eigenvalue weighted by Gasteiger charge is -2.26. The van der Waals surface area contributed by atoms with Gasteiger partial charge >= 0.3 is 0 Å². The molecule has 6 nitrogen and oxygen atoms in total. The Morgan fingerprint density at radius 2 is 2.04 bits per heavy atom. The summed E-state index contributed by atoms with van der Waals surface area (Å²) in [5.41, 5.74) is 3.24. The third-order valence-electron chi connectivity index (χ3n) is 5.49. The number of para-hydroxylation sites is 1. The molecular weight excluding hydrogens is 342 g/mol. The van der Waals surface area contributed by atoms with Crippen LogP contribution in [0.5, 0.6) is 0 Å². The summed E-state index contributed by atoms with van der Waals surface area (Å²) in [6, 6.07) is 6.14. The summed E-state index contributed by atoms with van der Waals surface area (Å²) in [6.45, 7) is 11.6. The number of hydrogen-bond acceptors (Lipinski definition) is 4. The predicted octanol–water partition coefficient (Wildman–Crippen LogP) is 1.92. The lowest BCUT2D eigenvalue weighted by Crippen LogP contribution is -2.42. The van der Waals surface area contributed by atoms with E-state index in [1.807, 2.05) is 24.0 Å². The molecule has 148 valence electrons. The fourth-order valence-corrected chi connectivity index (χ4v) is 3.92. The van der Waals surface area contributed by atoms with Gasteiger partial charge in [-0.25, -0.2) is 0 Å². The lowest BCUT2D eigenvalue weighted by molar-refractivity contribution is -0.126. The summed E-state index contributed by atoms with van der Waals surface area (Å²) in [7, 11) is 0. The smallest absolute Gasteiger partial charge is 0.227 e. The molecule has 6 heteroatoms. The zero-order valence-corrected chi connectivity index (χ0v) is 16.7. The summed E-state index contributed by atoms with van der Waals surface area (Å²) >= 11 is 0. The summed E-state index contributed by atoms with van der Waals surface area (Å²) in [6.07, 6.45) is 0.287. The topological polar surface area (TPSA) is 61.9 Å². The minimum absolute atomic E-state index is 0.0150. The van der Waals surface area contributed by atoms with Crippen molar-refractivity contribution in [3.63, 3.8) is 0 Å². The number of carbonyl (C=O) groups is 2. The molecule has 0 radical (unpaired) electrons. The quantitative estimate of drug-likeness (QED) is 0.828. The Kier molecular flexibility index (Phi) is 6.50. The van der Waals surface area contributed by atoms with E-state index in [4.69, 9.17) is 4.74 Å². The fourth-order valence-electron chi connectivity index (χ4n) is 3.92. The Labute approximate surface area is 161 Å². The summed E-state index contributed by atoms with van der Waals surface area (Å²) in [5.74, 6) is 0.0780. The molecule has 1 N–H and O–H groups in total. The Hall–Kier alpha value is -1.92. The molecule has 0 aromatic heterocycles. The van der Waals surface area contributed by atoms with Crippen LogP contribution in [0.15, 0.2) is 18.2 Å². The fraction of sp³-hybridized carbons (Fsp3) is 0.619. The molecule has 1 aromatic carbocycles. The van der Waals surface area contributed by atoms with Crippen molar-refractivity contribution in [2.24, 2.45) is 5.92 Å². The summed E-state index contributed by atoms with van der Waals surface area (Å²) in [5, 5.41) is 3.02. The molecule has 0 bridgehead atoms. The monoisotopic (exact) mass is 373 g/mol. The Balaban J connectivity index is 1.59. The van der Waals surface area contributed by atoms with Gasteiger partial charge in [-0.15, -0.1) is 0 Å². The van der Waals surface area contributed by atoms with Crippen LogP contribution in [0, 0.1) is 12.8 Å². The highest BCUT2D eigenvalue weighted by Crippen LogP contribution is 2.34. The minimum atomic E-state index is -0.276. The second kappa shape index (κ2) is 8.85. The first-order chi connectivity index (χ1) is 13.0. The zero-order valence-electron chi connectivity index (χ0n) is 16.7. The molecule has 3 rings (SSSR count). The maximum atomic E-state index is 12.7. The van der Waals surface area contributed by atoms with Crippen molar-refractivity contribution in [2.45, 2.75) is 33.1 Å². The van der Waals surface area contributed by atoms with Crippen LogP contribution in [0.25, 0.3) is 0 Å². The van der Waals surface area contributed by atoms with E-state index in [2.05, 4.69) is 30.1 Å². The normalized spacial score (nSPS) is 21.1. The molecule has 2 heterocycles. The van der Waals surface area contributed by atoms with E-state index >= 15 is 0 Å². The largest absolute Gasteiger partial charge is 0.379 e. The van der Waals surface area contributed by atoms with Gasteiger partial charge in [-0.05, 0) is 24.0 Å². The van der Waals surface area contributed by atoms with Gasteiger partial charge in [0.05, 0.1) is 19.1 Å². The van der Waals surface area contributed by atoms with Gasteiger partial charge in [-0.1, -0.05) is 32.0 Å². The van der Waals surface area contributed by atoms with Gasteiger partial charge in [-0.3, -0.25) is 14.5 Å². The number of carbonyl (C=O) groups excluding carboxylic acids is 2. The SMILES string of the molecule is Cc1cccc(C(C)C)c1N1CC(C(=O)NCCN2CCOCC2)CC1=O. The van der Waals surface area contributed by atoms with Crippen LogP contribution >= 0.6 is 0 Å². The Bertz CT molecular complexity index is 683. The number of aryl methyl sites for hydroxylation is 1. The molecular formula is C21H31N3O3. The van der Waals surface area contributed by atoms with Crippen molar-refractivity contribution in [2.75, 3.05) is 50.8 Å². The molecule has 0 spiro atoms. The Morgan fingerprint density at radius 3 is 2.74 bits per heavy atom. The summed E-state index contributed by atoms with van der Waals surface area (Å²) < 4.78 is 5.34. The van der Waals surface area contributed by atoms with E-state index in [1.165, 1.54) is 0 Å². The van der Waals surface area contributed by atoms with Crippen LogP contribution in [0.2, 0.25) is 0 Å².